The van der Waals surface area contributed by atoms with Crippen molar-refractivity contribution in [1.82, 2.24) is 19.3 Å². The summed E-state index contributed by atoms with van der Waals surface area (Å²) < 4.78 is 2.85. The molecule has 0 saturated carbocycles. The molecule has 1 aromatic carbocycles. The summed E-state index contributed by atoms with van der Waals surface area (Å²) in [5, 5.41) is 4.08. The summed E-state index contributed by atoms with van der Waals surface area (Å²) in [7, 11) is 4.14. The van der Waals surface area contributed by atoms with E-state index in [4.69, 9.17) is 16.6 Å². The number of imidazole rings is 1. The third kappa shape index (κ3) is 3.71. The third-order valence-corrected chi connectivity index (χ3v) is 4.59. The standard InChI is InChI=1S/C17H19BrClN5/c1-23(2)9-5-8-20-16-17-21-10-15(18)24(17)11-14(22-16)12-6-3-4-7-13(12)19/h3-4,6-7,10-11H,5,8-9H2,1-2H3,(H,20,22). The Bertz CT molecular complexity index is 846. The van der Waals surface area contributed by atoms with E-state index < -0.39 is 0 Å². The molecule has 0 spiro atoms. The van der Waals surface area contributed by atoms with Gasteiger partial charge in [0.25, 0.3) is 0 Å². The molecule has 0 unspecified atom stereocenters. The summed E-state index contributed by atoms with van der Waals surface area (Å²) in [5.41, 5.74) is 2.50. The summed E-state index contributed by atoms with van der Waals surface area (Å²) in [5.74, 6) is 0.761. The summed E-state index contributed by atoms with van der Waals surface area (Å²) in [6.07, 6.45) is 4.75. The van der Waals surface area contributed by atoms with Crippen LogP contribution in [0.2, 0.25) is 5.02 Å². The van der Waals surface area contributed by atoms with Crippen LogP contribution in [-0.4, -0.2) is 46.5 Å². The van der Waals surface area contributed by atoms with Crippen molar-refractivity contribution < 1.29 is 0 Å². The van der Waals surface area contributed by atoms with Crippen molar-refractivity contribution in [2.75, 3.05) is 32.5 Å². The molecule has 0 saturated heterocycles. The van der Waals surface area contributed by atoms with Crippen LogP contribution in [0.15, 0.2) is 41.3 Å². The van der Waals surface area contributed by atoms with Crippen molar-refractivity contribution in [3.8, 4) is 11.3 Å². The highest BCUT2D eigenvalue weighted by atomic mass is 79.9. The van der Waals surface area contributed by atoms with Gasteiger partial charge in [0.05, 0.1) is 16.9 Å². The molecule has 3 aromatic rings. The summed E-state index contributed by atoms with van der Waals surface area (Å²) in [6.45, 7) is 1.85. The van der Waals surface area contributed by atoms with E-state index in [1.54, 1.807) is 6.20 Å². The van der Waals surface area contributed by atoms with Crippen LogP contribution in [0.1, 0.15) is 6.42 Å². The molecule has 1 N–H and O–H groups in total. The van der Waals surface area contributed by atoms with Gasteiger partial charge in [0.1, 0.15) is 4.60 Å². The van der Waals surface area contributed by atoms with Gasteiger partial charge in [-0.05, 0) is 49.1 Å². The Morgan fingerprint density at radius 1 is 1.29 bits per heavy atom. The van der Waals surface area contributed by atoms with Gasteiger partial charge >= 0.3 is 0 Å². The van der Waals surface area contributed by atoms with Gasteiger partial charge in [-0.2, -0.15) is 0 Å². The number of nitrogens with one attached hydrogen (secondary N) is 1. The highest BCUT2D eigenvalue weighted by Crippen LogP contribution is 2.29. The smallest absolute Gasteiger partial charge is 0.181 e. The van der Waals surface area contributed by atoms with Gasteiger partial charge in [-0.15, -0.1) is 0 Å². The molecule has 0 amide bonds. The Kier molecular flexibility index (Phi) is 5.38. The average molecular weight is 409 g/mol. The van der Waals surface area contributed by atoms with Crippen LogP contribution in [0.4, 0.5) is 5.82 Å². The predicted octanol–water partition coefficient (Wildman–Crippen LogP) is 4.18. The lowest BCUT2D eigenvalue weighted by Gasteiger charge is -2.12. The molecular weight excluding hydrogens is 390 g/mol. The molecule has 0 bridgehead atoms. The summed E-state index contributed by atoms with van der Waals surface area (Å²) >= 11 is 9.87. The van der Waals surface area contributed by atoms with E-state index in [9.17, 15) is 0 Å². The Balaban J connectivity index is 1.96. The van der Waals surface area contributed by atoms with Crippen molar-refractivity contribution in [3.05, 3.63) is 46.3 Å². The first-order chi connectivity index (χ1) is 11.6. The van der Waals surface area contributed by atoms with Gasteiger partial charge in [-0.25, -0.2) is 9.97 Å². The number of hydrogen-bond donors (Lipinski definition) is 1. The van der Waals surface area contributed by atoms with Crippen molar-refractivity contribution in [3.63, 3.8) is 0 Å². The van der Waals surface area contributed by atoms with E-state index in [-0.39, 0.29) is 0 Å². The predicted molar refractivity (Wildman–Crippen MR) is 103 cm³/mol. The zero-order valence-electron chi connectivity index (χ0n) is 13.6. The molecular formula is C17H19BrClN5. The average Bonchev–Trinajstić information content (AvgIpc) is 2.93. The van der Waals surface area contributed by atoms with E-state index in [0.717, 1.165) is 46.8 Å². The molecule has 5 nitrogen and oxygen atoms in total. The molecule has 0 aliphatic heterocycles. The number of aromatic nitrogens is 3. The maximum Gasteiger partial charge on any atom is 0.181 e. The molecule has 2 aromatic heterocycles. The van der Waals surface area contributed by atoms with E-state index in [2.05, 4.69) is 45.2 Å². The fourth-order valence-corrected chi connectivity index (χ4v) is 3.08. The zero-order chi connectivity index (χ0) is 17.1. The minimum Gasteiger partial charge on any atom is -0.367 e. The van der Waals surface area contributed by atoms with Crippen LogP contribution in [0.25, 0.3) is 16.9 Å². The summed E-state index contributed by atoms with van der Waals surface area (Å²) in [4.78, 5) is 11.3. The second kappa shape index (κ2) is 7.51. The van der Waals surface area contributed by atoms with E-state index in [1.807, 2.05) is 34.9 Å². The van der Waals surface area contributed by atoms with Crippen LogP contribution in [0, 0.1) is 0 Å². The number of nitrogens with zero attached hydrogens (tertiary/aromatic N) is 4. The molecule has 0 radical (unpaired) electrons. The lowest BCUT2D eigenvalue weighted by atomic mass is 10.1. The van der Waals surface area contributed by atoms with Gasteiger partial charge in [0, 0.05) is 18.3 Å². The van der Waals surface area contributed by atoms with Crippen molar-refractivity contribution in [2.45, 2.75) is 6.42 Å². The van der Waals surface area contributed by atoms with Gasteiger partial charge in [0.15, 0.2) is 11.5 Å². The van der Waals surface area contributed by atoms with Gasteiger partial charge in [-0.1, -0.05) is 29.8 Å². The van der Waals surface area contributed by atoms with E-state index in [1.165, 1.54) is 0 Å². The first kappa shape index (κ1) is 17.2. The number of benzene rings is 1. The fraction of sp³-hybridized carbons (Fsp3) is 0.294. The van der Waals surface area contributed by atoms with Gasteiger partial charge < -0.3 is 10.2 Å². The van der Waals surface area contributed by atoms with E-state index >= 15 is 0 Å². The monoisotopic (exact) mass is 407 g/mol. The van der Waals surface area contributed by atoms with Gasteiger partial charge in [0.2, 0.25) is 0 Å². The number of halogens is 2. The SMILES string of the molecule is CN(C)CCCNc1nc(-c2ccccc2Cl)cn2c(Br)cnc12. The maximum atomic E-state index is 6.34. The normalized spacial score (nSPS) is 11.4. The van der Waals surface area contributed by atoms with E-state index in [0.29, 0.717) is 5.02 Å². The van der Waals surface area contributed by atoms with Crippen molar-refractivity contribution in [2.24, 2.45) is 0 Å². The molecule has 7 heteroatoms. The molecule has 3 rings (SSSR count). The lowest BCUT2D eigenvalue weighted by molar-refractivity contribution is 0.405. The largest absolute Gasteiger partial charge is 0.367 e. The number of fused-ring (bicyclic) bond motifs is 1. The minimum absolute atomic E-state index is 0.680. The topological polar surface area (TPSA) is 45.5 Å². The molecule has 0 atom stereocenters. The highest BCUT2D eigenvalue weighted by molar-refractivity contribution is 9.10. The molecule has 0 fully saturated rings. The minimum atomic E-state index is 0.680. The zero-order valence-corrected chi connectivity index (χ0v) is 16.0. The molecule has 24 heavy (non-hydrogen) atoms. The number of rotatable bonds is 6. The van der Waals surface area contributed by atoms with Crippen LogP contribution < -0.4 is 5.32 Å². The Morgan fingerprint density at radius 3 is 2.83 bits per heavy atom. The Hall–Kier alpha value is -1.63. The second-order valence-corrected chi connectivity index (χ2v) is 7.03. The molecule has 126 valence electrons. The lowest BCUT2D eigenvalue weighted by Crippen LogP contribution is -2.17. The quantitative estimate of drug-likeness (QED) is 0.622. The first-order valence-electron chi connectivity index (χ1n) is 7.73. The van der Waals surface area contributed by atoms with Crippen LogP contribution in [-0.2, 0) is 0 Å². The number of hydrogen-bond acceptors (Lipinski definition) is 4. The van der Waals surface area contributed by atoms with Crippen LogP contribution in [0.5, 0.6) is 0 Å². The number of anilines is 1. The van der Waals surface area contributed by atoms with Crippen LogP contribution >= 0.6 is 27.5 Å². The second-order valence-electron chi connectivity index (χ2n) is 5.81. The Morgan fingerprint density at radius 2 is 2.08 bits per heavy atom. The van der Waals surface area contributed by atoms with Gasteiger partial charge in [-0.3, -0.25) is 4.40 Å². The summed E-state index contributed by atoms with van der Waals surface area (Å²) in [6, 6.07) is 7.71. The fourth-order valence-electron chi connectivity index (χ4n) is 2.48. The third-order valence-electron chi connectivity index (χ3n) is 3.67. The Labute approximate surface area is 154 Å². The first-order valence-corrected chi connectivity index (χ1v) is 8.90. The molecule has 0 aliphatic rings. The molecule has 2 heterocycles. The van der Waals surface area contributed by atoms with Crippen molar-refractivity contribution in [1.29, 1.82) is 0 Å². The maximum absolute atomic E-state index is 6.34. The van der Waals surface area contributed by atoms with Crippen LogP contribution in [0.3, 0.4) is 0 Å². The molecule has 0 aliphatic carbocycles. The highest BCUT2D eigenvalue weighted by Gasteiger charge is 2.13. The van der Waals surface area contributed by atoms with Crippen molar-refractivity contribution >= 4 is 39.0 Å².